The van der Waals surface area contributed by atoms with E-state index < -0.39 is 0 Å². The topological polar surface area (TPSA) is 60.4 Å². The first-order valence-electron chi connectivity index (χ1n) is 10.3. The van der Waals surface area contributed by atoms with Crippen LogP contribution in [-0.4, -0.2) is 52.6 Å². The fourth-order valence-corrected chi connectivity index (χ4v) is 6.19. The lowest BCUT2D eigenvalue weighted by molar-refractivity contribution is -0.0396. The fraction of sp³-hybridized carbons (Fsp3) is 0.571. The van der Waals surface area contributed by atoms with Crippen LogP contribution < -0.4 is 4.90 Å². The van der Waals surface area contributed by atoms with Crippen molar-refractivity contribution in [3.63, 3.8) is 0 Å². The largest absolute Gasteiger partial charge is 0.378 e. The van der Waals surface area contributed by atoms with Gasteiger partial charge in [-0.3, -0.25) is 0 Å². The van der Waals surface area contributed by atoms with Crippen LogP contribution in [0.4, 0.5) is 5.82 Å². The zero-order valence-electron chi connectivity index (χ0n) is 17.2. The van der Waals surface area contributed by atoms with Crippen molar-refractivity contribution < 1.29 is 9.47 Å². The number of fused-ring (bicyclic) bond motifs is 5. The highest BCUT2D eigenvalue weighted by Crippen LogP contribution is 2.44. The first-order chi connectivity index (χ1) is 14.1. The van der Waals surface area contributed by atoms with Gasteiger partial charge in [-0.15, -0.1) is 23.1 Å². The number of morpholine rings is 1. The molecule has 0 amide bonds. The van der Waals surface area contributed by atoms with Gasteiger partial charge in [0.2, 0.25) is 0 Å². The van der Waals surface area contributed by atoms with E-state index in [0.717, 1.165) is 66.1 Å². The molecule has 1 saturated heterocycles. The van der Waals surface area contributed by atoms with Crippen molar-refractivity contribution in [2.45, 2.75) is 50.8 Å². The molecule has 0 atom stereocenters. The second-order valence-electron chi connectivity index (χ2n) is 8.20. The summed E-state index contributed by atoms with van der Waals surface area (Å²) in [6.45, 7) is 10.4. The van der Waals surface area contributed by atoms with Crippen LogP contribution in [0, 0.1) is 0 Å². The standard InChI is InChI=1S/C21H26N4O2S2/c1-4-9-28-20-17-16(22-12-23-20)15-13-10-21(2,3)27-11-14(13)18(24-19(15)29-17)25-5-7-26-8-6-25/h12H,4-11H2,1-3H3. The highest BCUT2D eigenvalue weighted by Gasteiger charge is 2.33. The lowest BCUT2D eigenvalue weighted by atomic mass is 9.90. The van der Waals surface area contributed by atoms with E-state index in [1.165, 1.54) is 21.2 Å². The number of aromatic nitrogens is 3. The van der Waals surface area contributed by atoms with Crippen LogP contribution in [0.15, 0.2) is 11.4 Å². The normalized spacial score (nSPS) is 19.1. The number of thiophene rings is 1. The minimum atomic E-state index is -0.190. The second-order valence-corrected chi connectivity index (χ2v) is 10.3. The van der Waals surface area contributed by atoms with Crippen molar-refractivity contribution in [3.8, 4) is 0 Å². The summed E-state index contributed by atoms with van der Waals surface area (Å²) in [5.41, 5.74) is 3.43. The average molecular weight is 431 g/mol. The fourth-order valence-electron chi connectivity index (χ4n) is 4.11. The summed E-state index contributed by atoms with van der Waals surface area (Å²) in [7, 11) is 0. The van der Waals surface area contributed by atoms with Gasteiger partial charge in [-0.25, -0.2) is 15.0 Å². The summed E-state index contributed by atoms with van der Waals surface area (Å²) in [6, 6.07) is 0. The number of pyridine rings is 1. The van der Waals surface area contributed by atoms with Gasteiger partial charge in [-0.1, -0.05) is 6.92 Å². The summed E-state index contributed by atoms with van der Waals surface area (Å²) < 4.78 is 12.9. The van der Waals surface area contributed by atoms with E-state index in [0.29, 0.717) is 6.61 Å². The van der Waals surface area contributed by atoms with Crippen LogP contribution in [0.2, 0.25) is 0 Å². The minimum absolute atomic E-state index is 0.190. The molecule has 0 bridgehead atoms. The van der Waals surface area contributed by atoms with Crippen LogP contribution in [0.3, 0.4) is 0 Å². The predicted molar refractivity (Wildman–Crippen MR) is 119 cm³/mol. The van der Waals surface area contributed by atoms with Gasteiger partial charge >= 0.3 is 0 Å². The van der Waals surface area contributed by atoms with Crippen LogP contribution in [-0.2, 0) is 22.5 Å². The smallest absolute Gasteiger partial charge is 0.136 e. The van der Waals surface area contributed by atoms with Crippen LogP contribution in [0.5, 0.6) is 0 Å². The minimum Gasteiger partial charge on any atom is -0.378 e. The molecule has 29 heavy (non-hydrogen) atoms. The molecule has 5 heterocycles. The molecule has 1 fully saturated rings. The second kappa shape index (κ2) is 7.65. The number of hydrogen-bond donors (Lipinski definition) is 0. The highest BCUT2D eigenvalue weighted by molar-refractivity contribution is 7.99. The molecular formula is C21H26N4O2S2. The Balaban J connectivity index is 1.75. The SMILES string of the molecule is CCCSc1ncnc2c1sc1nc(N3CCOCC3)c3c(c12)CC(C)(C)OC3. The van der Waals surface area contributed by atoms with E-state index >= 15 is 0 Å². The van der Waals surface area contributed by atoms with E-state index in [1.807, 2.05) is 11.8 Å². The molecule has 0 unspecified atom stereocenters. The van der Waals surface area contributed by atoms with E-state index in [9.17, 15) is 0 Å². The number of anilines is 1. The molecule has 2 aliphatic rings. The summed E-state index contributed by atoms with van der Waals surface area (Å²) >= 11 is 3.55. The maximum atomic E-state index is 6.21. The van der Waals surface area contributed by atoms with E-state index in [2.05, 4.69) is 30.7 Å². The number of ether oxygens (including phenoxy) is 2. The summed E-state index contributed by atoms with van der Waals surface area (Å²) in [4.78, 5) is 17.9. The Labute approximate surface area is 179 Å². The molecule has 0 N–H and O–H groups in total. The molecule has 3 aromatic heterocycles. The van der Waals surface area contributed by atoms with Crippen molar-refractivity contribution in [2.24, 2.45) is 0 Å². The highest BCUT2D eigenvalue weighted by atomic mass is 32.2. The summed E-state index contributed by atoms with van der Waals surface area (Å²) in [6.07, 6.45) is 3.70. The van der Waals surface area contributed by atoms with Gasteiger partial charge in [-0.2, -0.15) is 0 Å². The molecule has 0 aliphatic carbocycles. The molecule has 2 aliphatic heterocycles. The molecule has 0 aromatic carbocycles. The summed E-state index contributed by atoms with van der Waals surface area (Å²) in [5.74, 6) is 2.12. The number of hydrogen-bond acceptors (Lipinski definition) is 8. The van der Waals surface area contributed by atoms with Crippen molar-refractivity contribution in [1.29, 1.82) is 0 Å². The first kappa shape index (κ1) is 19.5. The van der Waals surface area contributed by atoms with Crippen molar-refractivity contribution in [3.05, 3.63) is 17.5 Å². The molecule has 0 radical (unpaired) electrons. The quantitative estimate of drug-likeness (QED) is 0.448. The molecule has 8 heteroatoms. The average Bonchev–Trinajstić information content (AvgIpc) is 3.11. The Hall–Kier alpha value is -1.48. The Morgan fingerprint density at radius 2 is 2.03 bits per heavy atom. The van der Waals surface area contributed by atoms with Gasteiger partial charge in [0.1, 0.15) is 22.0 Å². The Bertz CT molecular complexity index is 1060. The van der Waals surface area contributed by atoms with Crippen molar-refractivity contribution in [2.75, 3.05) is 37.0 Å². The molecular weight excluding hydrogens is 404 g/mol. The number of nitrogens with zero attached hydrogens (tertiary/aromatic N) is 4. The third kappa shape index (κ3) is 3.50. The van der Waals surface area contributed by atoms with Gasteiger partial charge in [0.25, 0.3) is 0 Å². The molecule has 0 saturated carbocycles. The van der Waals surface area contributed by atoms with Crippen LogP contribution in [0.1, 0.15) is 38.3 Å². The van der Waals surface area contributed by atoms with Gasteiger partial charge in [-0.05, 0) is 31.6 Å². The Kier molecular flexibility index (Phi) is 5.14. The Morgan fingerprint density at radius 3 is 2.83 bits per heavy atom. The first-order valence-corrected chi connectivity index (χ1v) is 12.1. The van der Waals surface area contributed by atoms with Gasteiger partial charge < -0.3 is 14.4 Å². The monoisotopic (exact) mass is 430 g/mol. The molecule has 6 nitrogen and oxygen atoms in total. The molecule has 5 rings (SSSR count). The summed E-state index contributed by atoms with van der Waals surface area (Å²) in [5, 5.41) is 2.28. The van der Waals surface area contributed by atoms with E-state index in [4.69, 9.17) is 19.4 Å². The van der Waals surface area contributed by atoms with Gasteiger partial charge in [0, 0.05) is 30.5 Å². The molecule has 0 spiro atoms. The zero-order valence-corrected chi connectivity index (χ0v) is 18.8. The predicted octanol–water partition coefficient (Wildman–Crippen LogP) is 4.43. The molecule has 3 aromatic rings. The number of rotatable bonds is 4. The van der Waals surface area contributed by atoms with Gasteiger partial charge in [0.15, 0.2) is 0 Å². The molecule has 154 valence electrons. The van der Waals surface area contributed by atoms with Crippen LogP contribution >= 0.6 is 23.1 Å². The van der Waals surface area contributed by atoms with Crippen LogP contribution in [0.25, 0.3) is 20.4 Å². The number of thioether (sulfide) groups is 1. The van der Waals surface area contributed by atoms with E-state index in [1.54, 1.807) is 17.7 Å². The van der Waals surface area contributed by atoms with Crippen molar-refractivity contribution in [1.82, 2.24) is 15.0 Å². The third-order valence-electron chi connectivity index (χ3n) is 5.53. The van der Waals surface area contributed by atoms with E-state index in [-0.39, 0.29) is 5.60 Å². The lowest BCUT2D eigenvalue weighted by Gasteiger charge is -2.36. The third-order valence-corrected chi connectivity index (χ3v) is 7.93. The van der Waals surface area contributed by atoms with Crippen molar-refractivity contribution >= 4 is 49.3 Å². The maximum Gasteiger partial charge on any atom is 0.136 e. The Morgan fingerprint density at radius 1 is 1.21 bits per heavy atom. The maximum absolute atomic E-state index is 6.21. The van der Waals surface area contributed by atoms with Gasteiger partial charge in [0.05, 0.1) is 35.6 Å². The lowest BCUT2D eigenvalue weighted by Crippen LogP contribution is -2.39. The zero-order chi connectivity index (χ0) is 20.0.